The van der Waals surface area contributed by atoms with Crippen molar-refractivity contribution in [3.05, 3.63) is 101 Å². The number of anilines is 1. The van der Waals surface area contributed by atoms with Crippen LogP contribution in [0.1, 0.15) is 134 Å². The second-order valence-electron chi connectivity index (χ2n) is 22.1. The molecular weight excluding hydrogens is 851 g/mol. The van der Waals surface area contributed by atoms with Crippen LogP contribution in [-0.4, -0.2) is 92.6 Å². The second kappa shape index (κ2) is 16.2. The summed E-state index contributed by atoms with van der Waals surface area (Å²) in [6.07, 6.45) is 0.201. The SMILES string of the molecule is CC1C[C@H](C2CCCN2[C@]2(C(=O)NC(=O)O)c3ccc(cc3)C(C(N)=O)C2(C)C)N(c2ccc(C(C)(C)C)cc2)[C@@]1(C)C1CCCN1[C@]1(C(=O)NC(=O)O)c2ccc(cc2)C(C(N)=O)C1(C)C. The van der Waals surface area contributed by atoms with Crippen LogP contribution in [0.4, 0.5) is 15.3 Å². The summed E-state index contributed by atoms with van der Waals surface area (Å²) in [5.74, 6) is -4.78. The smallest absolute Gasteiger partial charge is 0.411 e. The first-order chi connectivity index (χ1) is 31.3. The van der Waals surface area contributed by atoms with Gasteiger partial charge in [-0.1, -0.05) is 116 Å². The zero-order chi connectivity index (χ0) is 49.0. The quantitative estimate of drug-likeness (QED) is 0.136. The molecule has 3 fully saturated rings. The largest absolute Gasteiger partial charge is 0.465 e. The Bertz CT molecular complexity index is 2500. The van der Waals surface area contributed by atoms with Gasteiger partial charge in [-0.2, -0.15) is 0 Å². The number of likely N-dealkylation sites (tertiary alicyclic amines) is 2. The van der Waals surface area contributed by atoms with Crippen LogP contribution in [0.5, 0.6) is 0 Å². The molecule has 67 heavy (non-hydrogen) atoms. The van der Waals surface area contributed by atoms with Gasteiger partial charge in [-0.25, -0.2) is 9.59 Å². The van der Waals surface area contributed by atoms with E-state index in [1.807, 2.05) is 64.1 Å². The molecule has 8 N–H and O–H groups in total. The van der Waals surface area contributed by atoms with E-state index in [1.54, 1.807) is 12.1 Å². The van der Waals surface area contributed by atoms with Gasteiger partial charge in [0.1, 0.15) is 11.1 Å². The fourth-order valence-electron chi connectivity index (χ4n) is 14.5. The van der Waals surface area contributed by atoms with Gasteiger partial charge in [0, 0.05) is 34.6 Å². The number of nitrogens with zero attached hydrogens (tertiary/aromatic N) is 3. The molecule has 4 aliphatic carbocycles. The normalized spacial score (nSPS) is 32.1. The summed E-state index contributed by atoms with van der Waals surface area (Å²) in [6, 6.07) is 21.9. The molecule has 10 rings (SSSR count). The van der Waals surface area contributed by atoms with Crippen LogP contribution in [0.15, 0.2) is 72.8 Å². The van der Waals surface area contributed by atoms with Gasteiger partial charge >= 0.3 is 12.2 Å². The second-order valence-corrected chi connectivity index (χ2v) is 22.1. The van der Waals surface area contributed by atoms with Gasteiger partial charge in [-0.3, -0.25) is 39.6 Å². The van der Waals surface area contributed by atoms with Gasteiger partial charge < -0.3 is 26.6 Å². The van der Waals surface area contributed by atoms with Crippen molar-refractivity contribution in [2.75, 3.05) is 18.0 Å². The van der Waals surface area contributed by atoms with Crippen molar-refractivity contribution < 1.29 is 39.0 Å². The van der Waals surface area contributed by atoms with E-state index in [-0.39, 0.29) is 23.4 Å². The highest BCUT2D eigenvalue weighted by atomic mass is 16.4. The Balaban J connectivity index is 1.35. The van der Waals surface area contributed by atoms with E-state index in [0.29, 0.717) is 67.4 Å². The molecule has 4 bridgehead atoms. The molecule has 5 unspecified atom stereocenters. The Labute approximate surface area is 393 Å². The number of primary amides is 2. The number of benzene rings is 3. The molecule has 3 aliphatic heterocycles. The molecule has 7 aliphatic rings. The molecule has 3 heterocycles. The highest BCUT2D eigenvalue weighted by Gasteiger charge is 2.70. The van der Waals surface area contributed by atoms with Gasteiger partial charge in [0.2, 0.25) is 11.8 Å². The van der Waals surface area contributed by atoms with E-state index >= 15 is 9.59 Å². The monoisotopic (exact) mass is 918 g/mol. The minimum Gasteiger partial charge on any atom is -0.465 e. The molecule has 0 spiro atoms. The van der Waals surface area contributed by atoms with Crippen LogP contribution >= 0.6 is 0 Å². The third-order valence-electron chi connectivity index (χ3n) is 17.3. The van der Waals surface area contributed by atoms with Crippen LogP contribution < -0.4 is 27.0 Å². The van der Waals surface area contributed by atoms with Gasteiger partial charge in [0.15, 0.2) is 0 Å². The van der Waals surface area contributed by atoms with E-state index in [0.717, 1.165) is 11.3 Å². The van der Waals surface area contributed by atoms with Crippen LogP contribution in [0.3, 0.4) is 0 Å². The molecule has 358 valence electrons. The van der Waals surface area contributed by atoms with E-state index in [2.05, 4.69) is 84.2 Å². The summed E-state index contributed by atoms with van der Waals surface area (Å²) in [7, 11) is 0. The number of hydrogen-bond acceptors (Lipinski definition) is 9. The number of carboxylic acid groups (broad SMARTS) is 2. The number of nitrogens with one attached hydrogen (secondary N) is 2. The molecule has 0 radical (unpaired) electrons. The molecule has 3 aromatic rings. The number of carbonyl (C=O) groups excluding carboxylic acids is 4. The summed E-state index contributed by atoms with van der Waals surface area (Å²) >= 11 is 0. The summed E-state index contributed by atoms with van der Waals surface area (Å²) in [6.45, 7) is 19.1. The number of nitrogens with two attached hydrogens (primary N) is 2. The van der Waals surface area contributed by atoms with Crippen LogP contribution in [0, 0.1) is 16.7 Å². The van der Waals surface area contributed by atoms with Gasteiger partial charge in [-0.05, 0) is 103 Å². The third-order valence-corrected chi connectivity index (χ3v) is 17.3. The van der Waals surface area contributed by atoms with Crippen molar-refractivity contribution in [1.29, 1.82) is 0 Å². The number of hydrogen-bond donors (Lipinski definition) is 6. The topological polar surface area (TPSA) is 229 Å². The maximum absolute atomic E-state index is 15.2. The molecule has 3 saturated heterocycles. The first-order valence-corrected chi connectivity index (χ1v) is 23.6. The van der Waals surface area contributed by atoms with Crippen molar-refractivity contribution >= 4 is 41.5 Å². The Kier molecular flexibility index (Phi) is 11.5. The zero-order valence-corrected chi connectivity index (χ0v) is 40.2. The van der Waals surface area contributed by atoms with Crippen LogP contribution in [0.25, 0.3) is 0 Å². The Morgan fingerprint density at radius 1 is 0.627 bits per heavy atom. The molecule has 15 heteroatoms. The summed E-state index contributed by atoms with van der Waals surface area (Å²) in [4.78, 5) is 89.6. The standard InChI is InChI=1S/C52H67N7O8/c1-29-28-37(36-12-10-26-57(36)51(43(62)55-45(64)65)33-18-14-30(15-19-33)39(41(53)60)48(51,5)6)59(35-24-22-32(23-25-35)47(2,3)4)50(29,9)38-13-11-27-58(38)52(44(63)56-46(66)67)34-20-16-31(17-21-34)40(42(54)61)49(52,7)8/h14-25,29,36-40H,10-13,26-28H2,1-9H3,(H2,53,60)(H2,54,61)(H,55,62)(H,56,63)(H,64,65)(H,66,67)/t29?,36?,37-,38?,39?,40?,50-,51+,52+/m1/s1. The lowest BCUT2D eigenvalue weighted by Crippen LogP contribution is -2.72. The molecular formula is C52H67N7O8. The van der Waals surface area contributed by atoms with Crippen molar-refractivity contribution in [1.82, 2.24) is 20.4 Å². The van der Waals surface area contributed by atoms with Crippen molar-refractivity contribution in [3.63, 3.8) is 0 Å². The zero-order valence-electron chi connectivity index (χ0n) is 40.2. The summed E-state index contributed by atoms with van der Waals surface area (Å²) in [5.41, 5.74) is 10.1. The minimum absolute atomic E-state index is 0.0989. The van der Waals surface area contributed by atoms with Crippen LogP contribution in [-0.2, 0) is 35.7 Å². The van der Waals surface area contributed by atoms with Gasteiger partial charge in [-0.15, -0.1) is 0 Å². The van der Waals surface area contributed by atoms with E-state index in [9.17, 15) is 29.4 Å². The number of rotatable bonds is 9. The van der Waals surface area contributed by atoms with Gasteiger partial charge in [0.25, 0.3) is 11.8 Å². The number of imide groups is 2. The van der Waals surface area contributed by atoms with Gasteiger partial charge in [0.05, 0.1) is 17.4 Å². The van der Waals surface area contributed by atoms with Crippen molar-refractivity contribution in [2.24, 2.45) is 28.2 Å². The van der Waals surface area contributed by atoms with Crippen molar-refractivity contribution in [3.8, 4) is 0 Å². The summed E-state index contributed by atoms with van der Waals surface area (Å²) < 4.78 is 0. The Morgan fingerprint density at radius 2 is 1.06 bits per heavy atom. The van der Waals surface area contributed by atoms with E-state index in [4.69, 9.17) is 11.5 Å². The fraction of sp³-hybridized carbons (Fsp3) is 0.538. The molecule has 3 aromatic carbocycles. The van der Waals surface area contributed by atoms with Crippen molar-refractivity contribution in [2.45, 2.75) is 146 Å². The number of fused-ring (bicyclic) bond motifs is 8. The highest BCUT2D eigenvalue weighted by Crippen LogP contribution is 2.62. The molecule has 0 aromatic heterocycles. The molecule has 9 atom stereocenters. The summed E-state index contributed by atoms with van der Waals surface area (Å²) in [5, 5.41) is 24.9. The minimum atomic E-state index is -1.70. The Morgan fingerprint density at radius 3 is 1.49 bits per heavy atom. The van der Waals surface area contributed by atoms with Crippen LogP contribution in [0.2, 0.25) is 0 Å². The fourth-order valence-corrected chi connectivity index (χ4v) is 14.5. The van der Waals surface area contributed by atoms with E-state index in [1.165, 1.54) is 0 Å². The number of amides is 6. The third kappa shape index (κ3) is 6.72. The maximum atomic E-state index is 15.2. The lowest BCUT2D eigenvalue weighted by Gasteiger charge is -2.59. The average molecular weight is 918 g/mol. The highest BCUT2D eigenvalue weighted by molar-refractivity contribution is 6.01. The predicted molar refractivity (Wildman–Crippen MR) is 253 cm³/mol. The maximum Gasteiger partial charge on any atom is 0.411 e. The Hall–Kier alpha value is -5.80. The molecule has 6 amide bonds. The average Bonchev–Trinajstić information content (AvgIpc) is 3.92. The molecule has 0 saturated carbocycles. The number of carbonyl (C=O) groups is 6. The van der Waals surface area contributed by atoms with E-state index < -0.39 is 81.1 Å². The predicted octanol–water partition coefficient (Wildman–Crippen LogP) is 6.48. The first-order valence-electron chi connectivity index (χ1n) is 23.6. The molecule has 15 nitrogen and oxygen atoms in total. The lowest BCUT2D eigenvalue weighted by atomic mass is 9.59. The lowest BCUT2D eigenvalue weighted by molar-refractivity contribution is -0.151. The first kappa shape index (κ1) is 47.7.